The molecule has 4 nitrogen and oxygen atoms in total. The van der Waals surface area contributed by atoms with E-state index in [1.165, 1.54) is 50.8 Å². The number of fused-ring (bicyclic) bond motifs is 7. The van der Waals surface area contributed by atoms with Crippen molar-refractivity contribution in [2.24, 2.45) is 0 Å². The van der Waals surface area contributed by atoms with Gasteiger partial charge in [0.1, 0.15) is 5.01 Å². The van der Waals surface area contributed by atoms with E-state index in [9.17, 15) is 0 Å². The molecule has 0 bridgehead atoms. The van der Waals surface area contributed by atoms with Crippen LogP contribution in [0.3, 0.4) is 0 Å². The molecule has 0 saturated heterocycles. The van der Waals surface area contributed by atoms with Crippen molar-refractivity contribution in [3.63, 3.8) is 0 Å². The summed E-state index contributed by atoms with van der Waals surface area (Å²) in [5, 5.41) is 5.86. The summed E-state index contributed by atoms with van der Waals surface area (Å²) in [5.41, 5.74) is 7.51. The monoisotopic (exact) mass is 730 g/mol. The molecule has 7 aromatic carbocycles. The number of para-hydroxylation sites is 1. The largest absolute Gasteiger partial charge is 0.236 e. The van der Waals surface area contributed by atoms with Crippen molar-refractivity contribution in [3.05, 3.63) is 158 Å². The maximum atomic E-state index is 5.28. The Kier molecular flexibility index (Phi) is 7.05. The molecule has 0 aliphatic rings. The Morgan fingerprint density at radius 1 is 0.340 bits per heavy atom. The summed E-state index contributed by atoms with van der Waals surface area (Å²) in [7, 11) is 0. The van der Waals surface area contributed by atoms with Crippen LogP contribution in [0.1, 0.15) is 0 Å². The van der Waals surface area contributed by atoms with E-state index < -0.39 is 0 Å². The zero-order valence-corrected chi connectivity index (χ0v) is 30.5. The molecule has 0 atom stereocenters. The Bertz CT molecular complexity index is 3160. The quantitative estimate of drug-likeness (QED) is 0.177. The lowest BCUT2D eigenvalue weighted by atomic mass is 9.99. The van der Waals surface area contributed by atoms with Crippen LogP contribution < -0.4 is 0 Å². The smallest absolute Gasteiger partial charge is 0.165 e. The lowest BCUT2D eigenvalue weighted by Gasteiger charge is -2.10. The summed E-state index contributed by atoms with van der Waals surface area (Å²) in [5.74, 6) is 2.00. The van der Waals surface area contributed by atoms with Gasteiger partial charge in [0.15, 0.2) is 17.5 Å². The molecule has 248 valence electrons. The van der Waals surface area contributed by atoms with Crippen LogP contribution in [0.25, 0.3) is 106 Å². The lowest BCUT2D eigenvalue weighted by Crippen LogP contribution is -2.00. The number of benzene rings is 7. The molecule has 0 fully saturated rings. The number of hydrogen-bond acceptors (Lipinski definition) is 7. The van der Waals surface area contributed by atoms with Crippen LogP contribution in [-0.2, 0) is 0 Å². The predicted molar refractivity (Wildman–Crippen MR) is 226 cm³/mol. The third-order valence-electron chi connectivity index (χ3n) is 9.79. The van der Waals surface area contributed by atoms with Crippen LogP contribution in [0.5, 0.6) is 0 Å². The van der Waals surface area contributed by atoms with Gasteiger partial charge in [-0.2, -0.15) is 0 Å². The third kappa shape index (κ3) is 5.08. The fourth-order valence-corrected chi connectivity index (χ4v) is 10.8. The molecule has 4 aromatic heterocycles. The van der Waals surface area contributed by atoms with Gasteiger partial charge in [-0.15, -0.1) is 34.0 Å². The van der Waals surface area contributed by atoms with E-state index in [1.54, 1.807) is 22.7 Å². The average molecular weight is 731 g/mol. The number of rotatable bonds is 5. The Hall–Kier alpha value is -6.12. The standard InChI is InChI=1S/C46H26N4S3/c1-2-12-27(13-3-1)43-48-44(50-45(49-43)35-21-10-18-32-31-16-4-6-23-37(31)51-42(32)35)34-20-11-25-39-40(34)33-19-9-17-30(41(33)52-39)28-14-8-15-29(26-28)46-47-36-22-5-7-24-38(36)53-46/h1-26H. The van der Waals surface area contributed by atoms with Gasteiger partial charge in [-0.25, -0.2) is 19.9 Å². The summed E-state index contributed by atoms with van der Waals surface area (Å²) in [4.78, 5) is 20.5. The summed E-state index contributed by atoms with van der Waals surface area (Å²) in [6, 6.07) is 55.5. The average Bonchev–Trinajstić information content (AvgIpc) is 3.94. The molecule has 0 radical (unpaired) electrons. The second-order valence-electron chi connectivity index (χ2n) is 13.0. The highest BCUT2D eigenvalue weighted by Crippen LogP contribution is 2.45. The molecular formula is C46H26N4S3. The number of thiazole rings is 1. The van der Waals surface area contributed by atoms with Crippen LogP contribution >= 0.6 is 34.0 Å². The molecule has 0 aliphatic carbocycles. The van der Waals surface area contributed by atoms with Crippen molar-refractivity contribution in [3.8, 4) is 55.9 Å². The molecule has 53 heavy (non-hydrogen) atoms. The fourth-order valence-electron chi connectivity index (χ4n) is 7.33. The van der Waals surface area contributed by atoms with Crippen LogP contribution in [0.4, 0.5) is 0 Å². The van der Waals surface area contributed by atoms with E-state index in [2.05, 4.69) is 133 Å². The van der Waals surface area contributed by atoms with Crippen LogP contribution in [0.2, 0.25) is 0 Å². The molecule has 11 aromatic rings. The molecule has 0 spiro atoms. The summed E-state index contributed by atoms with van der Waals surface area (Å²) < 4.78 is 6.07. The molecule has 11 rings (SSSR count). The molecule has 7 heteroatoms. The maximum absolute atomic E-state index is 5.28. The van der Waals surface area contributed by atoms with Crippen molar-refractivity contribution in [2.45, 2.75) is 0 Å². The van der Waals surface area contributed by atoms with E-state index in [0.717, 1.165) is 38.2 Å². The normalized spacial score (nSPS) is 11.8. The molecule has 0 saturated carbocycles. The Balaban J connectivity index is 1.10. The van der Waals surface area contributed by atoms with E-state index >= 15 is 0 Å². The van der Waals surface area contributed by atoms with Crippen LogP contribution in [0.15, 0.2) is 158 Å². The number of aromatic nitrogens is 4. The minimum atomic E-state index is 0.660. The first-order valence-corrected chi connectivity index (χ1v) is 19.8. The highest BCUT2D eigenvalue weighted by molar-refractivity contribution is 7.26. The zero-order valence-electron chi connectivity index (χ0n) is 28.0. The van der Waals surface area contributed by atoms with Gasteiger partial charge < -0.3 is 0 Å². The SMILES string of the molecule is c1ccc(-c2nc(-c3cccc4c3sc3ccccc34)nc(-c3cccc4sc5c(-c6cccc(-c7nc8ccccc8s7)c6)cccc5c34)n2)cc1. The highest BCUT2D eigenvalue weighted by Gasteiger charge is 2.20. The van der Waals surface area contributed by atoms with E-state index in [1.807, 2.05) is 35.6 Å². The van der Waals surface area contributed by atoms with Gasteiger partial charge in [0.2, 0.25) is 0 Å². The topological polar surface area (TPSA) is 51.6 Å². The van der Waals surface area contributed by atoms with Crippen molar-refractivity contribution in [1.29, 1.82) is 0 Å². The second-order valence-corrected chi connectivity index (χ2v) is 16.1. The van der Waals surface area contributed by atoms with Gasteiger partial charge in [0.25, 0.3) is 0 Å². The molecular weight excluding hydrogens is 705 g/mol. The second kappa shape index (κ2) is 12.2. The third-order valence-corrected chi connectivity index (χ3v) is 13.3. The Morgan fingerprint density at radius 3 is 1.81 bits per heavy atom. The molecule has 4 heterocycles. The van der Waals surface area contributed by atoms with Gasteiger partial charge in [-0.05, 0) is 47.5 Å². The van der Waals surface area contributed by atoms with Crippen molar-refractivity contribution in [1.82, 2.24) is 19.9 Å². The molecule has 0 aliphatic heterocycles. The van der Waals surface area contributed by atoms with Gasteiger partial charge in [0.05, 0.1) is 10.2 Å². The first-order valence-electron chi connectivity index (χ1n) is 17.4. The minimum Gasteiger partial charge on any atom is -0.236 e. The maximum Gasteiger partial charge on any atom is 0.165 e. The van der Waals surface area contributed by atoms with Crippen molar-refractivity contribution >= 4 is 84.6 Å². The number of thiophene rings is 2. The van der Waals surface area contributed by atoms with Crippen LogP contribution in [0, 0.1) is 0 Å². The van der Waals surface area contributed by atoms with E-state index in [0.29, 0.717) is 17.5 Å². The molecule has 0 N–H and O–H groups in total. The predicted octanol–water partition coefficient (Wildman–Crippen LogP) is 13.6. The Morgan fingerprint density at radius 2 is 0.925 bits per heavy atom. The zero-order chi connectivity index (χ0) is 34.9. The van der Waals surface area contributed by atoms with Gasteiger partial charge >= 0.3 is 0 Å². The summed E-state index contributed by atoms with van der Waals surface area (Å²) in [6.45, 7) is 0. The van der Waals surface area contributed by atoms with Crippen molar-refractivity contribution < 1.29 is 0 Å². The van der Waals surface area contributed by atoms with E-state index in [-0.39, 0.29) is 0 Å². The first-order chi connectivity index (χ1) is 26.2. The minimum absolute atomic E-state index is 0.660. The fraction of sp³-hybridized carbons (Fsp3) is 0. The Labute approximate surface area is 316 Å². The summed E-state index contributed by atoms with van der Waals surface area (Å²) >= 11 is 5.35. The molecule has 0 amide bonds. The first kappa shape index (κ1) is 30.5. The molecule has 0 unspecified atom stereocenters. The number of nitrogens with zero attached hydrogens (tertiary/aromatic N) is 4. The van der Waals surface area contributed by atoms with Gasteiger partial charge in [0, 0.05) is 62.6 Å². The van der Waals surface area contributed by atoms with Crippen molar-refractivity contribution in [2.75, 3.05) is 0 Å². The van der Waals surface area contributed by atoms with Crippen LogP contribution in [-0.4, -0.2) is 19.9 Å². The lowest BCUT2D eigenvalue weighted by molar-refractivity contribution is 1.08. The van der Waals surface area contributed by atoms with E-state index in [4.69, 9.17) is 19.9 Å². The van der Waals surface area contributed by atoms with Gasteiger partial charge in [-0.1, -0.05) is 121 Å². The van der Waals surface area contributed by atoms with Gasteiger partial charge in [-0.3, -0.25) is 0 Å². The number of hydrogen-bond donors (Lipinski definition) is 0. The highest BCUT2D eigenvalue weighted by atomic mass is 32.1. The summed E-state index contributed by atoms with van der Waals surface area (Å²) in [6.07, 6.45) is 0.